The lowest BCUT2D eigenvalue weighted by atomic mass is 9.31. The highest BCUT2D eigenvalue weighted by Crippen LogP contribution is 2.74. The Bertz CT molecular complexity index is 538. The molecule has 3 N–H and O–H groups in total. The van der Waals surface area contributed by atoms with E-state index in [1.807, 2.05) is 6.07 Å². The van der Waals surface area contributed by atoms with Gasteiger partial charge in [-0.2, -0.15) is 0 Å². The predicted octanol–water partition coefficient (Wildman–Crippen LogP) is 1.67. The van der Waals surface area contributed by atoms with Crippen LogP contribution in [0.15, 0.2) is 18.2 Å². The second-order valence-corrected chi connectivity index (χ2v) is 5.87. The van der Waals surface area contributed by atoms with E-state index in [1.54, 1.807) is 0 Å². The first-order valence-corrected chi connectivity index (χ1v) is 6.24. The molecule has 19 heavy (non-hydrogen) atoms. The van der Waals surface area contributed by atoms with Crippen molar-refractivity contribution in [3.63, 3.8) is 0 Å². The number of ether oxygens (including phenoxy) is 1. The van der Waals surface area contributed by atoms with Crippen molar-refractivity contribution in [2.45, 2.75) is 30.7 Å². The summed E-state index contributed by atoms with van der Waals surface area (Å²) in [6, 6.07) is 3.87. The molecule has 3 saturated carbocycles. The molecule has 3 fully saturated rings. The van der Waals surface area contributed by atoms with Crippen LogP contribution in [-0.4, -0.2) is 24.2 Å². The molecule has 0 amide bonds. The molecule has 2 bridgehead atoms. The summed E-state index contributed by atoms with van der Waals surface area (Å²) in [7, 11) is 1.50. The number of hydrogen-bond donors (Lipinski definition) is 2. The molecule has 1 aromatic rings. The smallest absolute Gasteiger partial charge is 0.321 e. The van der Waals surface area contributed by atoms with Crippen molar-refractivity contribution >= 4 is 5.97 Å². The quantitative estimate of drug-likeness (QED) is 0.868. The van der Waals surface area contributed by atoms with Gasteiger partial charge in [-0.1, -0.05) is 0 Å². The van der Waals surface area contributed by atoms with Crippen LogP contribution in [0.4, 0.5) is 4.39 Å². The Morgan fingerprint density at radius 1 is 1.42 bits per heavy atom. The molecular weight excluding hydrogens is 249 g/mol. The maximum absolute atomic E-state index is 13.5. The van der Waals surface area contributed by atoms with Crippen LogP contribution in [0.2, 0.25) is 0 Å². The lowest BCUT2D eigenvalue weighted by Gasteiger charge is -2.72. The van der Waals surface area contributed by atoms with Crippen LogP contribution in [-0.2, 0) is 10.2 Å². The number of hydrogen-bond acceptors (Lipinski definition) is 3. The van der Waals surface area contributed by atoms with Gasteiger partial charge in [-0.05, 0) is 47.8 Å². The second-order valence-electron chi connectivity index (χ2n) is 5.87. The summed E-state index contributed by atoms with van der Waals surface area (Å²) in [6.45, 7) is 0. The third-order valence-electron chi connectivity index (χ3n) is 4.72. The number of carboxylic acids is 1. The van der Waals surface area contributed by atoms with Crippen LogP contribution in [0.3, 0.4) is 0 Å². The maximum atomic E-state index is 13.5. The predicted molar refractivity (Wildman–Crippen MR) is 66.5 cm³/mol. The molecule has 4 nitrogen and oxygen atoms in total. The van der Waals surface area contributed by atoms with E-state index < -0.39 is 12.0 Å². The van der Waals surface area contributed by atoms with Gasteiger partial charge in [0.1, 0.15) is 17.6 Å². The van der Waals surface area contributed by atoms with Crippen LogP contribution in [0, 0.1) is 11.2 Å². The Labute approximate surface area is 110 Å². The first kappa shape index (κ1) is 12.4. The highest BCUT2D eigenvalue weighted by molar-refractivity contribution is 5.76. The van der Waals surface area contributed by atoms with E-state index >= 15 is 0 Å². The highest BCUT2D eigenvalue weighted by Gasteiger charge is 2.71. The fourth-order valence-electron chi connectivity index (χ4n) is 3.75. The number of carbonyl (C=O) groups is 1. The van der Waals surface area contributed by atoms with Crippen LogP contribution in [0.5, 0.6) is 5.75 Å². The number of aliphatic carboxylic acids is 1. The van der Waals surface area contributed by atoms with Gasteiger partial charge in [0, 0.05) is 6.07 Å². The lowest BCUT2D eigenvalue weighted by molar-refractivity contribution is -0.178. The molecule has 3 aliphatic rings. The summed E-state index contributed by atoms with van der Waals surface area (Å²) < 4.78 is 18.6. The van der Waals surface area contributed by atoms with Gasteiger partial charge in [0.05, 0.1) is 7.11 Å². The molecular formula is C14H16FNO3. The zero-order valence-electron chi connectivity index (χ0n) is 10.6. The number of nitrogens with two attached hydrogens (primary N) is 1. The Balaban J connectivity index is 1.82. The largest absolute Gasteiger partial charge is 0.497 e. The van der Waals surface area contributed by atoms with Crippen molar-refractivity contribution in [1.82, 2.24) is 0 Å². The molecule has 1 atom stereocenters. The third kappa shape index (κ3) is 1.57. The summed E-state index contributed by atoms with van der Waals surface area (Å²) in [6.07, 6.45) is 2.17. The molecule has 5 heteroatoms. The van der Waals surface area contributed by atoms with E-state index in [9.17, 15) is 9.18 Å². The minimum Gasteiger partial charge on any atom is -0.497 e. The SMILES string of the molecule is COc1cc(F)cc(C23CC(C(N)C(=O)O)(C2)C3)c1. The normalized spacial score (nSPS) is 33.0. The topological polar surface area (TPSA) is 72.5 Å². The minimum absolute atomic E-state index is 0.0948. The number of benzene rings is 1. The zero-order chi connectivity index (χ0) is 13.8. The number of methoxy groups -OCH3 is 1. The Morgan fingerprint density at radius 3 is 2.58 bits per heavy atom. The molecule has 1 aromatic carbocycles. The molecule has 0 saturated heterocycles. The summed E-state index contributed by atoms with van der Waals surface area (Å²) in [5, 5.41) is 8.98. The monoisotopic (exact) mass is 265 g/mol. The van der Waals surface area contributed by atoms with Crippen molar-refractivity contribution in [1.29, 1.82) is 0 Å². The van der Waals surface area contributed by atoms with Crippen molar-refractivity contribution in [2.75, 3.05) is 7.11 Å². The molecule has 3 aliphatic carbocycles. The third-order valence-corrected chi connectivity index (χ3v) is 4.72. The van der Waals surface area contributed by atoms with Crippen molar-refractivity contribution in [2.24, 2.45) is 11.1 Å². The summed E-state index contributed by atoms with van der Waals surface area (Å²) >= 11 is 0. The first-order valence-electron chi connectivity index (χ1n) is 6.24. The first-order chi connectivity index (χ1) is 8.91. The van der Waals surface area contributed by atoms with Crippen LogP contribution in [0.25, 0.3) is 0 Å². The van der Waals surface area contributed by atoms with Crippen LogP contribution < -0.4 is 10.5 Å². The number of rotatable bonds is 4. The standard InChI is InChI=1S/C14H16FNO3/c1-19-10-3-8(2-9(15)4-10)13-5-14(6-13,7-13)11(16)12(17)18/h2-4,11H,5-7,16H2,1H3,(H,17,18). The Kier molecular flexibility index (Phi) is 2.41. The maximum Gasteiger partial charge on any atom is 0.321 e. The fourth-order valence-corrected chi connectivity index (χ4v) is 3.75. The van der Waals surface area contributed by atoms with Gasteiger partial charge >= 0.3 is 5.97 Å². The van der Waals surface area contributed by atoms with Crippen LogP contribution >= 0.6 is 0 Å². The molecule has 102 valence electrons. The summed E-state index contributed by atoms with van der Waals surface area (Å²) in [5.74, 6) is -0.780. The summed E-state index contributed by atoms with van der Waals surface area (Å²) in [5.41, 5.74) is 6.23. The van der Waals surface area contributed by atoms with E-state index in [-0.39, 0.29) is 16.6 Å². The van der Waals surface area contributed by atoms with Gasteiger partial charge in [0.2, 0.25) is 0 Å². The summed E-state index contributed by atoms with van der Waals surface area (Å²) in [4.78, 5) is 11.0. The molecule has 0 aromatic heterocycles. The number of halogens is 1. The van der Waals surface area contributed by atoms with Gasteiger partial charge < -0.3 is 15.6 Å². The lowest BCUT2D eigenvalue weighted by Crippen LogP contribution is -2.72. The molecule has 0 aliphatic heterocycles. The van der Waals surface area contributed by atoms with E-state index in [1.165, 1.54) is 19.2 Å². The van der Waals surface area contributed by atoms with E-state index in [2.05, 4.69) is 0 Å². The second kappa shape index (κ2) is 3.70. The fraction of sp³-hybridized carbons (Fsp3) is 0.500. The van der Waals surface area contributed by atoms with Crippen LogP contribution in [0.1, 0.15) is 24.8 Å². The van der Waals surface area contributed by atoms with Gasteiger partial charge in [-0.25, -0.2) is 4.39 Å². The zero-order valence-corrected chi connectivity index (χ0v) is 10.6. The average molecular weight is 265 g/mol. The molecule has 0 radical (unpaired) electrons. The molecule has 1 unspecified atom stereocenters. The van der Waals surface area contributed by atoms with Gasteiger partial charge in [-0.3, -0.25) is 4.79 Å². The van der Waals surface area contributed by atoms with E-state index in [4.69, 9.17) is 15.6 Å². The van der Waals surface area contributed by atoms with E-state index in [0.29, 0.717) is 5.75 Å². The van der Waals surface area contributed by atoms with Gasteiger partial charge in [0.15, 0.2) is 0 Å². The molecule has 0 heterocycles. The van der Waals surface area contributed by atoms with Crippen molar-refractivity contribution in [3.05, 3.63) is 29.6 Å². The average Bonchev–Trinajstić information content (AvgIpc) is 2.24. The number of carboxylic acid groups (broad SMARTS) is 1. The van der Waals surface area contributed by atoms with E-state index in [0.717, 1.165) is 24.8 Å². The Hall–Kier alpha value is -1.62. The molecule has 4 rings (SSSR count). The molecule has 0 spiro atoms. The van der Waals surface area contributed by atoms with Gasteiger partial charge in [-0.15, -0.1) is 0 Å². The Morgan fingerprint density at radius 2 is 2.05 bits per heavy atom. The highest BCUT2D eigenvalue weighted by atomic mass is 19.1. The van der Waals surface area contributed by atoms with Crippen molar-refractivity contribution in [3.8, 4) is 5.75 Å². The van der Waals surface area contributed by atoms with Crippen molar-refractivity contribution < 1.29 is 19.0 Å². The minimum atomic E-state index is -0.954. The van der Waals surface area contributed by atoms with Gasteiger partial charge in [0.25, 0.3) is 0 Å².